The summed E-state index contributed by atoms with van der Waals surface area (Å²) in [4.78, 5) is 17.8. The molecule has 0 bridgehead atoms. The molecule has 0 atom stereocenters. The van der Waals surface area contributed by atoms with Gasteiger partial charge in [-0.2, -0.15) is 0 Å². The number of aromatic amines is 1. The van der Waals surface area contributed by atoms with Crippen LogP contribution in [-0.2, 0) is 11.2 Å². The topological polar surface area (TPSA) is 45.8 Å². The first-order valence-electron chi connectivity index (χ1n) is 4.96. The molecule has 0 radical (unpaired) electrons. The normalized spacial score (nSPS) is 10.9. The second-order valence-corrected chi connectivity index (χ2v) is 3.51. The number of ketones is 1. The highest BCUT2D eigenvalue weighted by atomic mass is 19.2. The van der Waals surface area contributed by atoms with Crippen molar-refractivity contribution in [3.05, 3.63) is 29.6 Å². The molecular weight excluding hydrogens is 214 g/mol. The van der Waals surface area contributed by atoms with Crippen molar-refractivity contribution < 1.29 is 13.6 Å². The van der Waals surface area contributed by atoms with Gasteiger partial charge in [-0.3, -0.25) is 4.79 Å². The smallest absolute Gasteiger partial charge is 0.186 e. The van der Waals surface area contributed by atoms with Gasteiger partial charge in [-0.05, 0) is 12.1 Å². The molecule has 1 aromatic carbocycles. The zero-order valence-corrected chi connectivity index (χ0v) is 8.68. The van der Waals surface area contributed by atoms with E-state index in [0.717, 1.165) is 6.07 Å². The minimum Gasteiger partial charge on any atom is -0.342 e. The molecule has 0 aliphatic carbocycles. The van der Waals surface area contributed by atoms with Crippen LogP contribution in [0, 0.1) is 11.6 Å². The van der Waals surface area contributed by atoms with E-state index in [4.69, 9.17) is 0 Å². The molecule has 0 fully saturated rings. The van der Waals surface area contributed by atoms with Crippen molar-refractivity contribution in [3.8, 4) is 0 Å². The number of aromatic nitrogens is 2. The lowest BCUT2D eigenvalue weighted by atomic mass is 10.2. The Hall–Kier alpha value is -1.78. The number of nitrogens with one attached hydrogen (secondary N) is 1. The number of rotatable bonds is 3. The van der Waals surface area contributed by atoms with E-state index in [-0.39, 0.29) is 17.7 Å². The molecule has 0 aliphatic rings. The first-order chi connectivity index (χ1) is 7.61. The van der Waals surface area contributed by atoms with Crippen LogP contribution in [0.25, 0.3) is 11.0 Å². The number of halogens is 2. The van der Waals surface area contributed by atoms with Gasteiger partial charge < -0.3 is 4.98 Å². The first kappa shape index (κ1) is 10.7. The Morgan fingerprint density at radius 1 is 1.44 bits per heavy atom. The van der Waals surface area contributed by atoms with Gasteiger partial charge in [0.15, 0.2) is 11.6 Å². The lowest BCUT2D eigenvalue weighted by molar-refractivity contribution is -0.118. The maximum atomic E-state index is 13.3. The molecule has 1 aromatic heterocycles. The van der Waals surface area contributed by atoms with E-state index in [0.29, 0.717) is 17.8 Å². The maximum absolute atomic E-state index is 13.3. The fourth-order valence-electron chi connectivity index (χ4n) is 1.46. The molecule has 0 amide bonds. The van der Waals surface area contributed by atoms with Crippen LogP contribution in [0.2, 0.25) is 0 Å². The minimum absolute atomic E-state index is 0.0000591. The van der Waals surface area contributed by atoms with Gasteiger partial charge in [0.1, 0.15) is 17.1 Å². The summed E-state index contributed by atoms with van der Waals surface area (Å²) in [6.07, 6.45) is 0.514. The summed E-state index contributed by atoms with van der Waals surface area (Å²) < 4.78 is 26.2. The highest BCUT2D eigenvalue weighted by Gasteiger charge is 2.12. The lowest BCUT2D eigenvalue weighted by Crippen LogP contribution is -2.01. The third-order valence-electron chi connectivity index (χ3n) is 2.35. The van der Waals surface area contributed by atoms with Gasteiger partial charge >= 0.3 is 0 Å². The molecule has 84 valence electrons. The Bertz CT molecular complexity index is 548. The molecule has 0 unspecified atom stereocenters. The predicted octanol–water partition coefficient (Wildman–Crippen LogP) is 2.36. The minimum atomic E-state index is -0.982. The summed E-state index contributed by atoms with van der Waals surface area (Å²) >= 11 is 0. The van der Waals surface area contributed by atoms with Crippen molar-refractivity contribution in [2.24, 2.45) is 0 Å². The van der Waals surface area contributed by atoms with Crippen LogP contribution in [0.1, 0.15) is 19.2 Å². The Kier molecular flexibility index (Phi) is 2.68. The van der Waals surface area contributed by atoms with E-state index >= 15 is 0 Å². The molecule has 1 heterocycles. The number of nitrogens with zero attached hydrogens (tertiary/aromatic N) is 1. The van der Waals surface area contributed by atoms with E-state index in [9.17, 15) is 13.6 Å². The van der Waals surface area contributed by atoms with E-state index in [1.165, 1.54) is 6.07 Å². The second-order valence-electron chi connectivity index (χ2n) is 3.51. The molecule has 0 saturated heterocycles. The molecule has 2 aromatic rings. The van der Waals surface area contributed by atoms with E-state index in [2.05, 4.69) is 9.97 Å². The quantitative estimate of drug-likeness (QED) is 0.869. The molecular formula is C11H10F2N2O. The van der Waals surface area contributed by atoms with Gasteiger partial charge in [0, 0.05) is 6.42 Å². The second kappa shape index (κ2) is 4.00. The summed E-state index contributed by atoms with van der Waals surface area (Å²) in [6, 6.07) is 2.43. The average molecular weight is 224 g/mol. The fraction of sp³-hybridized carbons (Fsp3) is 0.273. The molecule has 3 nitrogen and oxygen atoms in total. The van der Waals surface area contributed by atoms with Crippen LogP contribution in [0.5, 0.6) is 0 Å². The molecule has 2 rings (SSSR count). The number of fused-ring (bicyclic) bond motifs is 1. The summed E-state index contributed by atoms with van der Waals surface area (Å²) in [7, 11) is 0. The van der Waals surface area contributed by atoms with Crippen molar-refractivity contribution in [2.75, 3.05) is 0 Å². The summed E-state index contributed by atoms with van der Waals surface area (Å²) in [5, 5.41) is 0. The number of H-pyrrole nitrogens is 1. The Morgan fingerprint density at radius 2 is 2.19 bits per heavy atom. The Balaban J connectivity index is 2.44. The van der Waals surface area contributed by atoms with Crippen LogP contribution in [0.3, 0.4) is 0 Å². The first-order valence-corrected chi connectivity index (χ1v) is 4.96. The number of benzene rings is 1. The molecule has 5 heteroatoms. The largest absolute Gasteiger partial charge is 0.342 e. The molecule has 1 N–H and O–H groups in total. The third-order valence-corrected chi connectivity index (χ3v) is 2.35. The monoisotopic (exact) mass is 224 g/mol. The number of carbonyl (C=O) groups is 1. The van der Waals surface area contributed by atoms with Crippen LogP contribution >= 0.6 is 0 Å². The SMILES string of the molecule is CCC(=O)Cc1nc2c(F)c(F)ccc2[nH]1. The van der Waals surface area contributed by atoms with Crippen LogP contribution in [0.4, 0.5) is 8.78 Å². The van der Waals surface area contributed by atoms with Gasteiger partial charge in [-0.1, -0.05) is 6.92 Å². The summed E-state index contributed by atoms with van der Waals surface area (Å²) in [5.41, 5.74) is 0.344. The van der Waals surface area contributed by atoms with Gasteiger partial charge in [-0.25, -0.2) is 13.8 Å². The number of hydrogen-bond acceptors (Lipinski definition) is 2. The highest BCUT2D eigenvalue weighted by molar-refractivity contribution is 5.82. The van der Waals surface area contributed by atoms with E-state index in [1.807, 2.05) is 0 Å². The van der Waals surface area contributed by atoms with E-state index < -0.39 is 11.6 Å². The number of Topliss-reactive ketones (excluding diaryl/α,β-unsaturated/α-hetero) is 1. The van der Waals surface area contributed by atoms with Gasteiger partial charge in [0.25, 0.3) is 0 Å². The van der Waals surface area contributed by atoms with Crippen molar-refractivity contribution in [1.29, 1.82) is 0 Å². The van der Waals surface area contributed by atoms with Gasteiger partial charge in [0.2, 0.25) is 0 Å². The number of imidazole rings is 1. The third kappa shape index (κ3) is 1.80. The van der Waals surface area contributed by atoms with Crippen LogP contribution < -0.4 is 0 Å². The van der Waals surface area contributed by atoms with Gasteiger partial charge in [-0.15, -0.1) is 0 Å². The lowest BCUT2D eigenvalue weighted by Gasteiger charge is -1.91. The number of carbonyl (C=O) groups excluding carboxylic acids is 1. The zero-order valence-electron chi connectivity index (χ0n) is 8.68. The molecule has 16 heavy (non-hydrogen) atoms. The van der Waals surface area contributed by atoms with Crippen molar-refractivity contribution >= 4 is 16.8 Å². The van der Waals surface area contributed by atoms with Crippen molar-refractivity contribution in [3.63, 3.8) is 0 Å². The Morgan fingerprint density at radius 3 is 2.88 bits per heavy atom. The van der Waals surface area contributed by atoms with Crippen LogP contribution in [-0.4, -0.2) is 15.8 Å². The average Bonchev–Trinajstić information content (AvgIpc) is 2.67. The molecule has 0 spiro atoms. The van der Waals surface area contributed by atoms with Gasteiger partial charge in [0.05, 0.1) is 11.9 Å². The fourth-order valence-corrected chi connectivity index (χ4v) is 1.46. The standard InChI is InChI=1S/C11H10F2N2O/c1-2-6(16)5-9-14-8-4-3-7(12)10(13)11(8)15-9/h3-4H,2,5H2,1H3,(H,14,15). The summed E-state index contributed by atoms with van der Waals surface area (Å²) in [5.74, 6) is -1.55. The predicted molar refractivity (Wildman–Crippen MR) is 55.0 cm³/mol. The maximum Gasteiger partial charge on any atom is 0.186 e. The van der Waals surface area contributed by atoms with E-state index in [1.54, 1.807) is 6.92 Å². The van der Waals surface area contributed by atoms with Crippen molar-refractivity contribution in [1.82, 2.24) is 9.97 Å². The summed E-state index contributed by atoms with van der Waals surface area (Å²) in [6.45, 7) is 1.74. The zero-order chi connectivity index (χ0) is 11.7. The number of hydrogen-bond donors (Lipinski definition) is 1. The van der Waals surface area contributed by atoms with Crippen molar-refractivity contribution in [2.45, 2.75) is 19.8 Å². The highest BCUT2D eigenvalue weighted by Crippen LogP contribution is 2.18. The van der Waals surface area contributed by atoms with Crippen LogP contribution in [0.15, 0.2) is 12.1 Å². The molecule has 0 saturated carbocycles. The Labute approximate surface area is 90.5 Å². The molecule has 0 aliphatic heterocycles.